The molecule has 0 bridgehead atoms. The maximum absolute atomic E-state index is 13.4. The molecule has 2 nitrogen and oxygen atoms in total. The van der Waals surface area contributed by atoms with Crippen LogP contribution in [0.3, 0.4) is 0 Å². The van der Waals surface area contributed by atoms with E-state index in [0.29, 0.717) is 18.4 Å². The molecule has 3 rings (SSSR count). The Hall–Kier alpha value is -0.790. The Morgan fingerprint density at radius 2 is 1.62 bits per heavy atom. The van der Waals surface area contributed by atoms with Crippen LogP contribution in [0.2, 0.25) is 0 Å². The number of carbonyl (C=O) groups excluding carboxylic acids is 1. The number of ether oxygens (including phenoxy) is 1. The standard InChI is InChI=1S/C32H56O2/c1-6-7-8-9-10-11-12-13-14-15-23-34-30(33)32(5)22-16-21-31(4)28-19-17-26(25(2)3)24-27(28)18-20-29(31)32/h18,25-26,28-29H,6-17,19-24H2,1-5H3/t26?,28-,29?,31+,32+/m0/s1. The van der Waals surface area contributed by atoms with Crippen molar-refractivity contribution in [1.29, 1.82) is 0 Å². The number of carbonyl (C=O) groups is 1. The Kier molecular flexibility index (Phi) is 10.6. The number of esters is 1. The van der Waals surface area contributed by atoms with E-state index < -0.39 is 0 Å². The number of allylic oxidation sites excluding steroid dienone is 2. The molecule has 196 valence electrons. The van der Waals surface area contributed by atoms with Crippen molar-refractivity contribution in [3.05, 3.63) is 11.6 Å². The van der Waals surface area contributed by atoms with Gasteiger partial charge in [0.2, 0.25) is 0 Å². The molecule has 2 fully saturated rings. The lowest BCUT2D eigenvalue weighted by molar-refractivity contribution is -0.170. The highest BCUT2D eigenvalue weighted by molar-refractivity contribution is 5.77. The summed E-state index contributed by atoms with van der Waals surface area (Å²) in [5.41, 5.74) is 1.70. The van der Waals surface area contributed by atoms with Crippen LogP contribution in [0.5, 0.6) is 0 Å². The molecule has 2 heteroatoms. The number of rotatable bonds is 13. The van der Waals surface area contributed by atoms with Gasteiger partial charge in [-0.05, 0) is 81.0 Å². The third-order valence-corrected chi connectivity index (χ3v) is 10.3. The fraction of sp³-hybridized carbons (Fsp3) is 0.906. The summed E-state index contributed by atoms with van der Waals surface area (Å²) in [5.74, 6) is 2.87. The molecule has 0 radical (unpaired) electrons. The number of unbranched alkanes of at least 4 members (excludes halogenated alkanes) is 9. The molecular formula is C32H56O2. The smallest absolute Gasteiger partial charge is 0.312 e. The van der Waals surface area contributed by atoms with E-state index in [9.17, 15) is 4.79 Å². The van der Waals surface area contributed by atoms with Crippen molar-refractivity contribution in [2.24, 2.45) is 34.5 Å². The molecule has 5 atom stereocenters. The van der Waals surface area contributed by atoms with Crippen molar-refractivity contribution < 1.29 is 9.53 Å². The number of fused-ring (bicyclic) bond motifs is 3. The van der Waals surface area contributed by atoms with Gasteiger partial charge in [-0.2, -0.15) is 0 Å². The predicted molar refractivity (Wildman–Crippen MR) is 145 cm³/mol. The first-order valence-electron chi connectivity index (χ1n) is 15.2. The van der Waals surface area contributed by atoms with Gasteiger partial charge in [-0.3, -0.25) is 4.79 Å². The molecule has 0 spiro atoms. The molecule has 3 aliphatic rings. The van der Waals surface area contributed by atoms with Crippen LogP contribution < -0.4 is 0 Å². The summed E-state index contributed by atoms with van der Waals surface area (Å²) in [6.45, 7) is 12.4. The third kappa shape index (κ3) is 6.50. The quantitative estimate of drug-likeness (QED) is 0.151. The van der Waals surface area contributed by atoms with Gasteiger partial charge in [-0.15, -0.1) is 0 Å². The molecule has 0 heterocycles. The van der Waals surface area contributed by atoms with Gasteiger partial charge in [0.05, 0.1) is 12.0 Å². The zero-order valence-electron chi connectivity index (χ0n) is 23.4. The van der Waals surface area contributed by atoms with E-state index in [1.54, 1.807) is 5.57 Å². The van der Waals surface area contributed by atoms with Crippen LogP contribution in [0.4, 0.5) is 0 Å². The van der Waals surface area contributed by atoms with E-state index >= 15 is 0 Å². The van der Waals surface area contributed by atoms with E-state index in [2.05, 4.69) is 40.7 Å². The van der Waals surface area contributed by atoms with Crippen LogP contribution in [0, 0.1) is 34.5 Å². The summed E-state index contributed by atoms with van der Waals surface area (Å²) in [4.78, 5) is 13.4. The lowest BCUT2D eigenvalue weighted by Gasteiger charge is -2.58. The minimum atomic E-state index is -0.303. The average Bonchev–Trinajstić information content (AvgIpc) is 2.82. The van der Waals surface area contributed by atoms with Crippen LogP contribution in [-0.4, -0.2) is 12.6 Å². The average molecular weight is 473 g/mol. The molecule has 0 aromatic rings. The van der Waals surface area contributed by atoms with E-state index in [1.165, 1.54) is 89.9 Å². The molecular weight excluding hydrogens is 416 g/mol. The van der Waals surface area contributed by atoms with Gasteiger partial charge in [0.1, 0.15) is 0 Å². The molecule has 3 aliphatic carbocycles. The molecule has 0 aliphatic heterocycles. The summed E-state index contributed by atoms with van der Waals surface area (Å²) >= 11 is 0. The third-order valence-electron chi connectivity index (χ3n) is 10.3. The zero-order valence-corrected chi connectivity index (χ0v) is 23.4. The van der Waals surface area contributed by atoms with Crippen molar-refractivity contribution in [3.8, 4) is 0 Å². The van der Waals surface area contributed by atoms with E-state index in [0.717, 1.165) is 31.1 Å². The second kappa shape index (κ2) is 13.0. The summed E-state index contributed by atoms with van der Waals surface area (Å²) in [6, 6.07) is 0. The molecule has 34 heavy (non-hydrogen) atoms. The van der Waals surface area contributed by atoms with E-state index in [1.807, 2.05) is 0 Å². The highest BCUT2D eigenvalue weighted by Gasteiger charge is 2.58. The predicted octanol–water partition coefficient (Wildman–Crippen LogP) is 9.67. The van der Waals surface area contributed by atoms with Crippen molar-refractivity contribution in [2.45, 2.75) is 144 Å². The Morgan fingerprint density at radius 3 is 2.26 bits per heavy atom. The normalized spacial score (nSPS) is 33.2. The first-order chi connectivity index (χ1) is 16.3. The van der Waals surface area contributed by atoms with Gasteiger partial charge in [-0.25, -0.2) is 0 Å². The van der Waals surface area contributed by atoms with Crippen molar-refractivity contribution in [2.75, 3.05) is 6.61 Å². The Morgan fingerprint density at radius 1 is 0.971 bits per heavy atom. The van der Waals surface area contributed by atoms with Crippen LogP contribution in [-0.2, 0) is 9.53 Å². The second-order valence-corrected chi connectivity index (χ2v) is 13.0. The first-order valence-corrected chi connectivity index (χ1v) is 15.2. The van der Waals surface area contributed by atoms with Gasteiger partial charge in [0, 0.05) is 0 Å². The molecule has 0 N–H and O–H groups in total. The zero-order chi connectivity index (χ0) is 24.6. The highest BCUT2D eigenvalue weighted by Crippen LogP contribution is 2.63. The highest BCUT2D eigenvalue weighted by atomic mass is 16.5. The molecule has 0 aromatic heterocycles. The van der Waals surface area contributed by atoms with Crippen LogP contribution >= 0.6 is 0 Å². The maximum Gasteiger partial charge on any atom is 0.312 e. The number of hydrogen-bond acceptors (Lipinski definition) is 2. The van der Waals surface area contributed by atoms with Crippen molar-refractivity contribution in [3.63, 3.8) is 0 Å². The van der Waals surface area contributed by atoms with Gasteiger partial charge < -0.3 is 4.74 Å². The van der Waals surface area contributed by atoms with Gasteiger partial charge in [0.15, 0.2) is 0 Å². The molecule has 0 aromatic carbocycles. The maximum atomic E-state index is 13.4. The minimum Gasteiger partial charge on any atom is -0.465 e. The summed E-state index contributed by atoms with van der Waals surface area (Å²) in [6.07, 6.45) is 24.2. The second-order valence-electron chi connectivity index (χ2n) is 13.0. The lowest BCUT2D eigenvalue weighted by atomic mass is 9.46. The summed E-state index contributed by atoms with van der Waals surface area (Å²) in [7, 11) is 0. The molecule has 2 unspecified atom stereocenters. The van der Waals surface area contributed by atoms with Crippen molar-refractivity contribution in [1.82, 2.24) is 0 Å². The SMILES string of the molecule is CCCCCCCCCCCCOC(=O)[C@]1(C)CCC[C@@]2(C)C1CC=C1CC(C(C)C)CC[C@@H]12. The molecule has 2 saturated carbocycles. The Labute approximate surface area is 212 Å². The largest absolute Gasteiger partial charge is 0.465 e. The van der Waals surface area contributed by atoms with Crippen molar-refractivity contribution >= 4 is 5.97 Å². The molecule has 0 saturated heterocycles. The minimum absolute atomic E-state index is 0.104. The van der Waals surface area contributed by atoms with E-state index in [4.69, 9.17) is 4.74 Å². The first kappa shape index (κ1) is 27.8. The fourth-order valence-corrected chi connectivity index (χ4v) is 7.95. The fourth-order valence-electron chi connectivity index (χ4n) is 7.95. The molecule has 0 amide bonds. The monoisotopic (exact) mass is 472 g/mol. The lowest BCUT2D eigenvalue weighted by Crippen LogP contribution is -2.54. The van der Waals surface area contributed by atoms with Gasteiger partial charge in [0.25, 0.3) is 0 Å². The summed E-state index contributed by atoms with van der Waals surface area (Å²) in [5, 5.41) is 0. The van der Waals surface area contributed by atoms with Crippen LogP contribution in [0.15, 0.2) is 11.6 Å². The summed E-state index contributed by atoms with van der Waals surface area (Å²) < 4.78 is 5.98. The number of hydrogen-bond donors (Lipinski definition) is 0. The van der Waals surface area contributed by atoms with Gasteiger partial charge >= 0.3 is 5.97 Å². The Balaban J connectivity index is 1.45. The van der Waals surface area contributed by atoms with Crippen LogP contribution in [0.25, 0.3) is 0 Å². The van der Waals surface area contributed by atoms with Gasteiger partial charge in [-0.1, -0.05) is 104 Å². The van der Waals surface area contributed by atoms with E-state index in [-0.39, 0.29) is 16.8 Å². The van der Waals surface area contributed by atoms with Crippen LogP contribution in [0.1, 0.15) is 144 Å². The topological polar surface area (TPSA) is 26.3 Å². The Bertz CT molecular complexity index is 664.